The van der Waals surface area contributed by atoms with Crippen LogP contribution in [-0.4, -0.2) is 17.4 Å². The van der Waals surface area contributed by atoms with Crippen molar-refractivity contribution in [3.8, 4) is 5.75 Å². The molecule has 0 heterocycles. The molecule has 0 saturated heterocycles. The van der Waals surface area contributed by atoms with Gasteiger partial charge in [-0.25, -0.2) is 5.43 Å². The number of hydrazone groups is 1. The second kappa shape index (κ2) is 11.2. The summed E-state index contributed by atoms with van der Waals surface area (Å²) < 4.78 is 5.81. The van der Waals surface area contributed by atoms with Gasteiger partial charge in [-0.2, -0.15) is 5.10 Å². The molecule has 0 aliphatic carbocycles. The Morgan fingerprint density at radius 1 is 1.00 bits per heavy atom. The quantitative estimate of drug-likeness (QED) is 0.377. The van der Waals surface area contributed by atoms with Crippen LogP contribution >= 0.6 is 11.8 Å². The minimum atomic E-state index is -0.181. The SMILES string of the molecule is Cc1ccc(COc2ccc(/C=N\NC(=O)[C@@H](C)SCc3ccccc3)cc2)cc1. The van der Waals surface area contributed by atoms with Gasteiger partial charge in [-0.15, -0.1) is 11.8 Å². The van der Waals surface area contributed by atoms with Crippen molar-refractivity contribution in [2.45, 2.75) is 31.5 Å². The first kappa shape index (κ1) is 21.7. The molecule has 0 bridgehead atoms. The van der Waals surface area contributed by atoms with Crippen LogP contribution in [0, 0.1) is 6.92 Å². The number of nitrogens with zero attached hydrogens (tertiary/aromatic N) is 1. The summed E-state index contributed by atoms with van der Waals surface area (Å²) in [6.07, 6.45) is 1.64. The predicted octanol–water partition coefficient (Wildman–Crippen LogP) is 5.35. The van der Waals surface area contributed by atoms with Crippen molar-refractivity contribution < 1.29 is 9.53 Å². The van der Waals surface area contributed by atoms with E-state index in [0.29, 0.717) is 6.61 Å². The molecule has 5 heteroatoms. The van der Waals surface area contributed by atoms with Crippen LogP contribution in [0.15, 0.2) is 84.0 Å². The van der Waals surface area contributed by atoms with Crippen LogP contribution in [0.3, 0.4) is 0 Å². The molecule has 0 spiro atoms. The lowest BCUT2D eigenvalue weighted by atomic mass is 10.2. The third-order valence-electron chi connectivity index (χ3n) is 4.51. The summed E-state index contributed by atoms with van der Waals surface area (Å²) in [5, 5.41) is 3.89. The van der Waals surface area contributed by atoms with Gasteiger partial charge in [-0.3, -0.25) is 4.79 Å². The van der Waals surface area contributed by atoms with E-state index in [1.807, 2.05) is 49.4 Å². The van der Waals surface area contributed by atoms with Crippen molar-refractivity contribution in [1.82, 2.24) is 5.43 Å². The number of hydrogen-bond donors (Lipinski definition) is 1. The van der Waals surface area contributed by atoms with Crippen molar-refractivity contribution in [2.24, 2.45) is 5.10 Å². The normalized spacial score (nSPS) is 11.9. The Balaban J connectivity index is 1.41. The van der Waals surface area contributed by atoms with Gasteiger partial charge < -0.3 is 4.74 Å². The first-order valence-corrected chi connectivity index (χ1v) is 10.9. The molecule has 0 aliphatic heterocycles. The van der Waals surface area contributed by atoms with Gasteiger partial charge >= 0.3 is 0 Å². The number of rotatable bonds is 9. The molecular formula is C25H26N2O2S. The number of amides is 1. The Hall–Kier alpha value is -3.05. The molecule has 154 valence electrons. The summed E-state index contributed by atoms with van der Waals surface area (Å²) in [6.45, 7) is 4.48. The molecule has 0 aromatic heterocycles. The zero-order valence-corrected chi connectivity index (χ0v) is 18.1. The first-order valence-electron chi connectivity index (χ1n) is 9.87. The number of ether oxygens (including phenoxy) is 1. The summed E-state index contributed by atoms with van der Waals surface area (Å²) in [7, 11) is 0. The molecule has 0 saturated carbocycles. The number of carbonyl (C=O) groups excluding carboxylic acids is 1. The van der Waals surface area contributed by atoms with Crippen LogP contribution in [0.2, 0.25) is 0 Å². The zero-order chi connectivity index (χ0) is 21.2. The lowest BCUT2D eigenvalue weighted by molar-refractivity contribution is -0.120. The highest BCUT2D eigenvalue weighted by Gasteiger charge is 2.12. The van der Waals surface area contributed by atoms with E-state index in [2.05, 4.69) is 53.8 Å². The molecule has 3 rings (SSSR count). The Morgan fingerprint density at radius 2 is 1.70 bits per heavy atom. The molecule has 1 amide bonds. The number of carbonyl (C=O) groups is 1. The fourth-order valence-electron chi connectivity index (χ4n) is 2.63. The van der Waals surface area contributed by atoms with Gasteiger partial charge in [0.15, 0.2) is 0 Å². The van der Waals surface area contributed by atoms with Gasteiger partial charge in [0.25, 0.3) is 5.91 Å². The lowest BCUT2D eigenvalue weighted by Crippen LogP contribution is -2.26. The molecular weight excluding hydrogens is 392 g/mol. The maximum Gasteiger partial charge on any atom is 0.252 e. The lowest BCUT2D eigenvalue weighted by Gasteiger charge is -2.09. The summed E-state index contributed by atoms with van der Waals surface area (Å²) in [5.74, 6) is 1.48. The van der Waals surface area contributed by atoms with Crippen LogP contribution < -0.4 is 10.2 Å². The summed E-state index contributed by atoms with van der Waals surface area (Å²) in [4.78, 5) is 12.2. The van der Waals surface area contributed by atoms with E-state index in [4.69, 9.17) is 4.74 Å². The van der Waals surface area contributed by atoms with Gasteiger partial charge in [-0.05, 0) is 54.8 Å². The minimum Gasteiger partial charge on any atom is -0.489 e. The van der Waals surface area contributed by atoms with Crippen molar-refractivity contribution in [2.75, 3.05) is 0 Å². The average molecular weight is 419 g/mol. The van der Waals surface area contributed by atoms with Crippen LogP contribution in [0.1, 0.15) is 29.2 Å². The Kier molecular flexibility index (Phi) is 8.10. The molecule has 4 nitrogen and oxygen atoms in total. The van der Waals surface area contributed by atoms with Gasteiger partial charge in [0.2, 0.25) is 0 Å². The van der Waals surface area contributed by atoms with Crippen molar-refractivity contribution >= 4 is 23.9 Å². The Labute approximate surface area is 182 Å². The van der Waals surface area contributed by atoms with Gasteiger partial charge in [0, 0.05) is 5.75 Å². The molecule has 1 N–H and O–H groups in total. The van der Waals surface area contributed by atoms with E-state index >= 15 is 0 Å². The predicted molar refractivity (Wildman–Crippen MR) is 125 cm³/mol. The maximum atomic E-state index is 12.2. The van der Waals surface area contributed by atoms with E-state index in [-0.39, 0.29) is 11.2 Å². The van der Waals surface area contributed by atoms with Gasteiger partial charge in [0.1, 0.15) is 12.4 Å². The topological polar surface area (TPSA) is 50.7 Å². The third kappa shape index (κ3) is 7.08. The third-order valence-corrected chi connectivity index (χ3v) is 5.72. The van der Waals surface area contributed by atoms with Crippen molar-refractivity contribution in [3.63, 3.8) is 0 Å². The minimum absolute atomic E-state index is 0.106. The van der Waals surface area contributed by atoms with Crippen LogP contribution in [0.5, 0.6) is 5.75 Å². The summed E-state index contributed by atoms with van der Waals surface area (Å²) in [6, 6.07) is 26.0. The number of nitrogens with one attached hydrogen (secondary N) is 1. The highest BCUT2D eigenvalue weighted by molar-refractivity contribution is 7.99. The van der Waals surface area contributed by atoms with Crippen molar-refractivity contribution in [1.29, 1.82) is 0 Å². The molecule has 0 radical (unpaired) electrons. The molecule has 3 aromatic rings. The fraction of sp³-hybridized carbons (Fsp3) is 0.200. The number of aryl methyl sites for hydroxylation is 1. The number of thioether (sulfide) groups is 1. The Bertz CT molecular complexity index is 955. The van der Waals surface area contributed by atoms with Crippen molar-refractivity contribution in [3.05, 3.63) is 101 Å². The monoisotopic (exact) mass is 418 g/mol. The fourth-order valence-corrected chi connectivity index (χ4v) is 3.47. The second-order valence-electron chi connectivity index (χ2n) is 7.02. The van der Waals surface area contributed by atoms with Crippen LogP contribution in [0.4, 0.5) is 0 Å². The number of hydrogen-bond acceptors (Lipinski definition) is 4. The largest absolute Gasteiger partial charge is 0.489 e. The molecule has 1 atom stereocenters. The van der Waals surface area contributed by atoms with Crippen LogP contribution in [-0.2, 0) is 17.2 Å². The van der Waals surface area contributed by atoms with Crippen LogP contribution in [0.25, 0.3) is 0 Å². The van der Waals surface area contributed by atoms with E-state index < -0.39 is 0 Å². The standard InChI is InChI=1S/C25H26N2O2S/c1-19-8-10-22(11-9-19)17-29-24-14-12-21(13-15-24)16-26-27-25(28)20(2)30-18-23-6-4-3-5-7-23/h3-16,20H,17-18H2,1-2H3,(H,27,28)/b26-16-/t20-/m1/s1. The van der Waals surface area contributed by atoms with Gasteiger partial charge in [-0.1, -0.05) is 60.2 Å². The van der Waals surface area contributed by atoms with E-state index in [1.165, 1.54) is 11.1 Å². The average Bonchev–Trinajstić information content (AvgIpc) is 2.78. The maximum absolute atomic E-state index is 12.2. The molecule has 0 aliphatic rings. The molecule has 3 aromatic carbocycles. The summed E-state index contributed by atoms with van der Waals surface area (Å²) in [5.41, 5.74) is 7.07. The summed E-state index contributed by atoms with van der Waals surface area (Å²) >= 11 is 1.59. The molecule has 0 fully saturated rings. The Morgan fingerprint density at radius 3 is 2.40 bits per heavy atom. The van der Waals surface area contributed by atoms with E-state index in [9.17, 15) is 4.79 Å². The highest BCUT2D eigenvalue weighted by atomic mass is 32.2. The number of benzene rings is 3. The molecule has 0 unspecified atom stereocenters. The van der Waals surface area contributed by atoms with Gasteiger partial charge in [0.05, 0.1) is 11.5 Å². The highest BCUT2D eigenvalue weighted by Crippen LogP contribution is 2.17. The zero-order valence-electron chi connectivity index (χ0n) is 17.2. The smallest absolute Gasteiger partial charge is 0.252 e. The van der Waals surface area contributed by atoms with E-state index in [0.717, 1.165) is 22.6 Å². The first-order chi connectivity index (χ1) is 14.6. The second-order valence-corrected chi connectivity index (χ2v) is 8.35. The van der Waals surface area contributed by atoms with E-state index in [1.54, 1.807) is 18.0 Å². The molecule has 30 heavy (non-hydrogen) atoms.